The number of rotatable bonds is 2. The quantitative estimate of drug-likeness (QED) is 0.869. The van der Waals surface area contributed by atoms with E-state index < -0.39 is 11.2 Å². The third-order valence-electron chi connectivity index (χ3n) is 5.94. The topological polar surface area (TPSA) is 86.0 Å². The second kappa shape index (κ2) is 6.27. The molecule has 6 nitrogen and oxygen atoms in total. The summed E-state index contributed by atoms with van der Waals surface area (Å²) in [6.07, 6.45) is 6.16. The Hall–Kier alpha value is -2.63. The molecule has 1 saturated carbocycles. The average molecular weight is 353 g/mol. The summed E-state index contributed by atoms with van der Waals surface area (Å²) in [4.78, 5) is 43.1. The van der Waals surface area contributed by atoms with Crippen LogP contribution in [0, 0.1) is 12.3 Å². The first-order valence-electron chi connectivity index (χ1n) is 9.20. The Morgan fingerprint density at radius 1 is 1.04 bits per heavy atom. The maximum atomic E-state index is 12.8. The van der Waals surface area contributed by atoms with Crippen LogP contribution in [0.25, 0.3) is 11.1 Å². The Bertz CT molecular complexity index is 950. The monoisotopic (exact) mass is 353 g/mol. The van der Waals surface area contributed by atoms with Gasteiger partial charge in [-0.25, -0.2) is 4.79 Å². The number of carbonyl (C=O) groups is 1. The van der Waals surface area contributed by atoms with Crippen LogP contribution in [0.15, 0.2) is 33.9 Å². The molecule has 1 aromatic carbocycles. The van der Waals surface area contributed by atoms with Crippen molar-refractivity contribution in [3.63, 3.8) is 0 Å². The molecule has 1 aliphatic carbocycles. The Labute approximate surface area is 151 Å². The van der Waals surface area contributed by atoms with Crippen LogP contribution in [-0.2, 0) is 0 Å². The average Bonchev–Trinajstić information content (AvgIpc) is 3.24. The van der Waals surface area contributed by atoms with E-state index >= 15 is 0 Å². The van der Waals surface area contributed by atoms with Gasteiger partial charge in [-0.05, 0) is 49.3 Å². The number of nitrogens with one attached hydrogen (secondary N) is 2. The summed E-state index contributed by atoms with van der Waals surface area (Å²) in [5.74, 6) is 0.0624. The summed E-state index contributed by atoms with van der Waals surface area (Å²) in [6, 6.07) is 7.07. The van der Waals surface area contributed by atoms with Crippen molar-refractivity contribution in [3.05, 3.63) is 56.4 Å². The summed E-state index contributed by atoms with van der Waals surface area (Å²) < 4.78 is 0. The van der Waals surface area contributed by atoms with Crippen molar-refractivity contribution >= 4 is 5.91 Å². The zero-order chi connectivity index (χ0) is 18.3. The molecule has 136 valence electrons. The van der Waals surface area contributed by atoms with Gasteiger partial charge in [-0.15, -0.1) is 0 Å². The van der Waals surface area contributed by atoms with Gasteiger partial charge >= 0.3 is 5.69 Å². The van der Waals surface area contributed by atoms with Gasteiger partial charge in [-0.3, -0.25) is 14.6 Å². The second-order valence-corrected chi connectivity index (χ2v) is 7.67. The van der Waals surface area contributed by atoms with E-state index in [4.69, 9.17) is 0 Å². The predicted molar refractivity (Wildman–Crippen MR) is 99.3 cm³/mol. The van der Waals surface area contributed by atoms with Gasteiger partial charge in [0.1, 0.15) is 0 Å². The van der Waals surface area contributed by atoms with Gasteiger partial charge in [-0.1, -0.05) is 25.0 Å². The van der Waals surface area contributed by atoms with E-state index in [1.807, 2.05) is 4.90 Å². The first-order valence-corrected chi connectivity index (χ1v) is 9.20. The maximum Gasteiger partial charge on any atom is 0.325 e. The number of nitrogens with zero attached hydrogens (tertiary/aromatic N) is 1. The molecule has 0 unspecified atom stereocenters. The van der Waals surface area contributed by atoms with Crippen molar-refractivity contribution in [2.45, 2.75) is 39.0 Å². The summed E-state index contributed by atoms with van der Waals surface area (Å²) >= 11 is 0. The molecule has 1 aliphatic heterocycles. The summed E-state index contributed by atoms with van der Waals surface area (Å²) in [6.45, 7) is 3.39. The number of likely N-dealkylation sites (tertiary alicyclic amines) is 1. The molecular formula is C20H23N3O3. The first-order chi connectivity index (χ1) is 12.5. The van der Waals surface area contributed by atoms with Crippen LogP contribution in [0.3, 0.4) is 0 Å². The highest BCUT2D eigenvalue weighted by molar-refractivity contribution is 5.95. The largest absolute Gasteiger partial charge is 0.338 e. The number of hydrogen-bond acceptors (Lipinski definition) is 3. The zero-order valence-electron chi connectivity index (χ0n) is 14.9. The van der Waals surface area contributed by atoms with Crippen LogP contribution in [0.5, 0.6) is 0 Å². The van der Waals surface area contributed by atoms with Crippen LogP contribution in [-0.4, -0.2) is 33.9 Å². The van der Waals surface area contributed by atoms with Gasteiger partial charge in [0.05, 0.1) is 5.56 Å². The molecule has 2 fully saturated rings. The number of carbonyl (C=O) groups excluding carboxylic acids is 1. The van der Waals surface area contributed by atoms with Crippen LogP contribution >= 0.6 is 0 Å². The second-order valence-electron chi connectivity index (χ2n) is 7.67. The molecule has 2 heterocycles. The molecule has 0 atom stereocenters. The molecule has 26 heavy (non-hydrogen) atoms. The van der Waals surface area contributed by atoms with E-state index in [1.54, 1.807) is 31.2 Å². The van der Waals surface area contributed by atoms with Crippen LogP contribution in [0.1, 0.15) is 48.2 Å². The fraction of sp³-hybridized carbons (Fsp3) is 0.450. The highest BCUT2D eigenvalue weighted by atomic mass is 16.2. The Balaban J connectivity index is 1.56. The van der Waals surface area contributed by atoms with Crippen molar-refractivity contribution in [3.8, 4) is 11.1 Å². The molecule has 1 spiro atoms. The SMILES string of the molecule is Cc1[nH]c(=O)[nH]c(=O)c1-c1ccc(C(=O)N2CCC3(CCCC3)C2)cc1. The van der Waals surface area contributed by atoms with Gasteiger partial charge in [0.25, 0.3) is 11.5 Å². The fourth-order valence-electron chi connectivity index (χ4n) is 4.55. The highest BCUT2D eigenvalue weighted by Crippen LogP contribution is 2.45. The zero-order valence-corrected chi connectivity index (χ0v) is 14.9. The lowest BCUT2D eigenvalue weighted by atomic mass is 9.86. The van der Waals surface area contributed by atoms with Crippen molar-refractivity contribution < 1.29 is 4.79 Å². The summed E-state index contributed by atoms with van der Waals surface area (Å²) in [5, 5.41) is 0. The fourth-order valence-corrected chi connectivity index (χ4v) is 4.55. The molecule has 0 radical (unpaired) electrons. The third kappa shape index (κ3) is 2.89. The lowest BCUT2D eigenvalue weighted by Gasteiger charge is -2.23. The van der Waals surface area contributed by atoms with Gasteiger partial charge in [0.2, 0.25) is 0 Å². The van der Waals surface area contributed by atoms with E-state index in [9.17, 15) is 14.4 Å². The van der Waals surface area contributed by atoms with Gasteiger partial charge in [-0.2, -0.15) is 0 Å². The third-order valence-corrected chi connectivity index (χ3v) is 5.94. The van der Waals surface area contributed by atoms with Gasteiger partial charge in [0.15, 0.2) is 0 Å². The number of H-pyrrole nitrogens is 2. The molecule has 1 aromatic heterocycles. The molecule has 4 rings (SSSR count). The number of hydrogen-bond donors (Lipinski definition) is 2. The number of aryl methyl sites for hydroxylation is 1. The predicted octanol–water partition coefficient (Wildman–Crippen LogP) is 2.44. The van der Waals surface area contributed by atoms with Crippen molar-refractivity contribution in [1.29, 1.82) is 0 Å². The number of aromatic nitrogens is 2. The minimum Gasteiger partial charge on any atom is -0.338 e. The Morgan fingerprint density at radius 2 is 1.73 bits per heavy atom. The lowest BCUT2D eigenvalue weighted by Crippen LogP contribution is -2.31. The number of aromatic amines is 2. The molecule has 2 aromatic rings. The molecular weight excluding hydrogens is 330 g/mol. The van der Waals surface area contributed by atoms with Crippen molar-refractivity contribution in [2.24, 2.45) is 5.41 Å². The molecule has 2 N–H and O–H groups in total. The van der Waals surface area contributed by atoms with Crippen LogP contribution < -0.4 is 11.2 Å². The number of amides is 1. The molecule has 0 bridgehead atoms. The normalized spacial score (nSPS) is 18.6. The highest BCUT2D eigenvalue weighted by Gasteiger charge is 2.41. The first kappa shape index (κ1) is 16.8. The molecule has 1 amide bonds. The summed E-state index contributed by atoms with van der Waals surface area (Å²) in [7, 11) is 0. The van der Waals surface area contributed by atoms with E-state index in [1.165, 1.54) is 25.7 Å². The van der Waals surface area contributed by atoms with Gasteiger partial charge in [0, 0.05) is 24.3 Å². The van der Waals surface area contributed by atoms with Gasteiger partial charge < -0.3 is 9.88 Å². The lowest BCUT2D eigenvalue weighted by molar-refractivity contribution is 0.0773. The van der Waals surface area contributed by atoms with E-state index in [-0.39, 0.29) is 5.91 Å². The smallest absolute Gasteiger partial charge is 0.325 e. The minimum absolute atomic E-state index is 0.0624. The van der Waals surface area contributed by atoms with Crippen molar-refractivity contribution in [2.75, 3.05) is 13.1 Å². The van der Waals surface area contributed by atoms with Crippen LogP contribution in [0.4, 0.5) is 0 Å². The molecule has 6 heteroatoms. The Kier molecular flexibility index (Phi) is 4.05. The van der Waals surface area contributed by atoms with Crippen molar-refractivity contribution in [1.82, 2.24) is 14.9 Å². The maximum absolute atomic E-state index is 12.8. The van der Waals surface area contributed by atoms with Crippen LogP contribution in [0.2, 0.25) is 0 Å². The number of benzene rings is 1. The standard InChI is InChI=1S/C20H23N3O3/c1-13-16(17(24)22-19(26)21-13)14-4-6-15(7-5-14)18(25)23-11-10-20(12-23)8-2-3-9-20/h4-7H,2-3,8-12H2,1H3,(H2,21,22,24,26). The van der Waals surface area contributed by atoms with E-state index in [0.29, 0.717) is 27.8 Å². The minimum atomic E-state index is -0.516. The molecule has 1 saturated heterocycles. The van der Waals surface area contributed by atoms with E-state index in [2.05, 4.69) is 9.97 Å². The van der Waals surface area contributed by atoms with E-state index in [0.717, 1.165) is 19.5 Å². The Morgan fingerprint density at radius 3 is 2.38 bits per heavy atom. The summed E-state index contributed by atoms with van der Waals surface area (Å²) in [5.41, 5.74) is 1.68. The molecule has 2 aliphatic rings.